The van der Waals surface area contributed by atoms with Crippen LogP contribution in [0.1, 0.15) is 13.8 Å². The van der Waals surface area contributed by atoms with E-state index in [9.17, 15) is 0 Å². The van der Waals surface area contributed by atoms with Gasteiger partial charge in [-0.25, -0.2) is 0 Å². The fourth-order valence-corrected chi connectivity index (χ4v) is 0. The Morgan fingerprint density at radius 2 is 1.86 bits per heavy atom. The molecule has 0 unspecified atom stereocenters. The molecule has 0 radical (unpaired) electrons. The van der Waals surface area contributed by atoms with Gasteiger partial charge in [-0.3, -0.25) is 0 Å². The molecule has 38 valence electrons. The number of hydrogen-bond acceptors (Lipinski definition) is 2. The van der Waals surface area contributed by atoms with Crippen molar-refractivity contribution in [1.82, 2.24) is 0 Å². The van der Waals surface area contributed by atoms with Gasteiger partial charge < -0.3 is 9.90 Å². The standard InChI is InChI=1S/C2H4O2.C2H5.Zn/c1-2(3)4;1-2;/h1H3,(H,3,4);1H2,2H3;/q;;+1/p-1. The van der Waals surface area contributed by atoms with Crippen LogP contribution in [0.15, 0.2) is 0 Å². The summed E-state index contributed by atoms with van der Waals surface area (Å²) in [5.74, 6) is -1.08. The molecule has 0 spiro atoms. The van der Waals surface area contributed by atoms with E-state index < -0.39 is 5.97 Å². The maximum absolute atomic E-state index is 8.89. The average Bonchev–Trinajstić information content (AvgIpc) is 1.33. The minimum absolute atomic E-state index is 0.972. The summed E-state index contributed by atoms with van der Waals surface area (Å²) in [6.45, 7) is 3.15. The number of carboxylic acids is 1. The molecule has 0 aromatic heterocycles. The van der Waals surface area contributed by atoms with Crippen molar-refractivity contribution in [1.29, 1.82) is 0 Å². The predicted molar refractivity (Wildman–Crippen MR) is 21.2 cm³/mol. The van der Waals surface area contributed by atoms with Crippen LogP contribution in [-0.2, 0) is 23.1 Å². The Labute approximate surface area is 53.6 Å². The number of hydrogen-bond donors (Lipinski definition) is 0. The van der Waals surface area contributed by atoms with E-state index in [2.05, 4.69) is 6.92 Å². The van der Waals surface area contributed by atoms with Crippen molar-refractivity contribution >= 4 is 5.97 Å². The molecule has 0 heterocycles. The first-order valence-corrected chi connectivity index (χ1v) is 4.21. The van der Waals surface area contributed by atoms with Crippen molar-refractivity contribution in [2.45, 2.75) is 18.9 Å². The van der Waals surface area contributed by atoms with Crippen LogP contribution < -0.4 is 5.11 Å². The van der Waals surface area contributed by atoms with Gasteiger partial charge in [0, 0.05) is 5.97 Å². The molecular weight excluding hydrogens is 145 g/mol. The number of rotatable bonds is 0. The van der Waals surface area contributed by atoms with Crippen LogP contribution in [0.5, 0.6) is 0 Å². The molecule has 3 heteroatoms. The van der Waals surface area contributed by atoms with Crippen LogP contribution in [0.3, 0.4) is 0 Å². The Bertz CT molecular complexity index is 41.0. The van der Waals surface area contributed by atoms with Crippen molar-refractivity contribution in [3.63, 3.8) is 0 Å². The Morgan fingerprint density at radius 3 is 1.86 bits per heavy atom. The van der Waals surface area contributed by atoms with E-state index in [1.807, 2.05) is 0 Å². The minimum atomic E-state index is -1.08. The van der Waals surface area contributed by atoms with Crippen LogP contribution in [-0.4, -0.2) is 5.97 Å². The maximum atomic E-state index is 8.89. The summed E-state index contributed by atoms with van der Waals surface area (Å²) in [5.41, 5.74) is 0. The Kier molecular flexibility index (Phi) is 13.7. The predicted octanol–water partition coefficient (Wildman–Crippen LogP) is -0.272. The van der Waals surface area contributed by atoms with Gasteiger partial charge in [-0.05, 0) is 6.92 Å². The molecule has 0 N–H and O–H groups in total. The summed E-state index contributed by atoms with van der Waals surface area (Å²) in [6, 6.07) is 0. The monoisotopic (exact) mass is 152 g/mol. The van der Waals surface area contributed by atoms with Gasteiger partial charge >= 0.3 is 30.2 Å². The molecule has 0 aliphatic rings. The third-order valence-electron chi connectivity index (χ3n) is 0. The van der Waals surface area contributed by atoms with E-state index in [-0.39, 0.29) is 0 Å². The quantitative estimate of drug-likeness (QED) is 0.450. The molecule has 0 bridgehead atoms. The Balaban J connectivity index is 0. The van der Waals surface area contributed by atoms with Crippen molar-refractivity contribution in [2.24, 2.45) is 0 Å². The average molecular weight is 153 g/mol. The molecule has 0 aliphatic carbocycles. The van der Waals surface area contributed by atoms with E-state index in [4.69, 9.17) is 9.90 Å². The molecule has 0 atom stereocenters. The molecule has 0 fully saturated rings. The normalized spacial score (nSPS) is 6.29. The molecule has 0 aromatic rings. The second-order valence-corrected chi connectivity index (χ2v) is 3.09. The third-order valence-corrected chi connectivity index (χ3v) is 0. The molecule has 0 saturated heterocycles. The fraction of sp³-hybridized carbons (Fsp3) is 0.750. The van der Waals surface area contributed by atoms with Crippen LogP contribution in [0, 0.1) is 0 Å². The summed E-state index contributed by atoms with van der Waals surface area (Å²) in [4.78, 5) is 8.89. The van der Waals surface area contributed by atoms with Gasteiger partial charge in [-0.1, -0.05) is 0 Å². The van der Waals surface area contributed by atoms with E-state index in [1.165, 1.54) is 23.3 Å². The van der Waals surface area contributed by atoms with Gasteiger partial charge in [0.2, 0.25) is 0 Å². The Morgan fingerprint density at radius 1 is 1.86 bits per heavy atom. The molecule has 7 heavy (non-hydrogen) atoms. The summed E-state index contributed by atoms with van der Waals surface area (Å²) in [7, 11) is 0. The van der Waals surface area contributed by atoms with Gasteiger partial charge in [-0.2, -0.15) is 0 Å². The summed E-state index contributed by atoms with van der Waals surface area (Å²) >= 11 is 1.44. The molecule has 0 aromatic carbocycles. The molecule has 0 amide bonds. The van der Waals surface area contributed by atoms with Crippen molar-refractivity contribution in [3.05, 3.63) is 0 Å². The molecular formula is C4H8O2Zn. The van der Waals surface area contributed by atoms with Gasteiger partial charge in [0.15, 0.2) is 0 Å². The van der Waals surface area contributed by atoms with Gasteiger partial charge in [0.05, 0.1) is 0 Å². The van der Waals surface area contributed by atoms with Crippen LogP contribution in [0.25, 0.3) is 0 Å². The zero-order chi connectivity index (χ0) is 6.28. The molecule has 0 rings (SSSR count). The van der Waals surface area contributed by atoms with Crippen molar-refractivity contribution < 1.29 is 28.2 Å². The van der Waals surface area contributed by atoms with E-state index in [1.54, 1.807) is 0 Å². The van der Waals surface area contributed by atoms with Gasteiger partial charge in [-0.15, -0.1) is 0 Å². The van der Waals surface area contributed by atoms with Crippen molar-refractivity contribution in [2.75, 3.05) is 0 Å². The number of carbonyl (C=O) groups is 1. The molecule has 0 saturated carbocycles. The second kappa shape index (κ2) is 9.43. The van der Waals surface area contributed by atoms with Crippen molar-refractivity contribution in [3.8, 4) is 0 Å². The fourth-order valence-electron chi connectivity index (χ4n) is 0. The number of carboxylic acid groups (broad SMARTS) is 1. The van der Waals surface area contributed by atoms with E-state index in [0.717, 1.165) is 6.92 Å². The second-order valence-electron chi connectivity index (χ2n) is 0.992. The number of aliphatic carboxylic acids is 1. The van der Waals surface area contributed by atoms with Crippen LogP contribution >= 0.6 is 0 Å². The first kappa shape index (κ1) is 10.2. The third kappa shape index (κ3) is 11700. The molecule has 0 aliphatic heterocycles. The first-order chi connectivity index (χ1) is 3.15. The van der Waals surface area contributed by atoms with Gasteiger partial charge in [0.1, 0.15) is 0 Å². The topological polar surface area (TPSA) is 40.1 Å². The van der Waals surface area contributed by atoms with Crippen LogP contribution in [0.2, 0.25) is 5.02 Å². The van der Waals surface area contributed by atoms with E-state index in [0.29, 0.717) is 0 Å². The zero-order valence-electron chi connectivity index (χ0n) is 4.73. The summed E-state index contributed by atoms with van der Waals surface area (Å²) in [5, 5.41) is 10.3. The SMILES string of the molecule is CC(=O)[O-].C[CH2][Zn+]. The summed E-state index contributed by atoms with van der Waals surface area (Å²) in [6.07, 6.45) is 0. The molecule has 2 nitrogen and oxygen atoms in total. The first-order valence-electron chi connectivity index (χ1n) is 2.12. The van der Waals surface area contributed by atoms with E-state index >= 15 is 0 Å². The Hall–Kier alpha value is 0.0934. The number of carbonyl (C=O) groups excluding carboxylic acids is 1. The zero-order valence-corrected chi connectivity index (χ0v) is 7.70. The summed E-state index contributed by atoms with van der Waals surface area (Å²) < 4.78 is 0. The van der Waals surface area contributed by atoms with Gasteiger partial charge in [0.25, 0.3) is 0 Å². The van der Waals surface area contributed by atoms with Crippen LogP contribution in [0.4, 0.5) is 0 Å².